The largest absolute Gasteiger partial charge is 0.431 e. The third-order valence-corrected chi connectivity index (χ3v) is 3.45. The molecule has 0 spiro atoms. The van der Waals surface area contributed by atoms with Gasteiger partial charge < -0.3 is 4.42 Å². The summed E-state index contributed by atoms with van der Waals surface area (Å²) in [5.74, 6) is 0. The summed E-state index contributed by atoms with van der Waals surface area (Å²) < 4.78 is 4.63. The van der Waals surface area contributed by atoms with E-state index < -0.39 is 0 Å². The molecule has 0 bridgehead atoms. The Balaban J connectivity index is 2.40. The Morgan fingerprint density at radius 2 is 2.00 bits per heavy atom. The molecule has 0 saturated carbocycles. The van der Waals surface area contributed by atoms with E-state index in [1.807, 2.05) is 18.2 Å². The predicted molar refractivity (Wildman–Crippen MR) is 50.5 cm³/mol. The standard InChI is InChI=1S/C9H8O2S/c10-9-7-8(3-4-11-9)12-5-1-2-6-12/h1-7,12H. The highest BCUT2D eigenvalue weighted by atomic mass is 32.2. The van der Waals surface area contributed by atoms with Crippen molar-refractivity contribution in [2.45, 2.75) is 4.90 Å². The molecular weight excluding hydrogens is 172 g/mol. The molecule has 62 valence electrons. The zero-order valence-electron chi connectivity index (χ0n) is 6.31. The van der Waals surface area contributed by atoms with Crippen molar-refractivity contribution in [1.29, 1.82) is 0 Å². The first-order chi connectivity index (χ1) is 5.86. The van der Waals surface area contributed by atoms with Crippen LogP contribution in [0.1, 0.15) is 0 Å². The van der Waals surface area contributed by atoms with Crippen molar-refractivity contribution >= 4 is 10.9 Å². The SMILES string of the molecule is O=c1cc([SH]2C=CC=C2)cco1. The van der Waals surface area contributed by atoms with E-state index >= 15 is 0 Å². The van der Waals surface area contributed by atoms with Gasteiger partial charge in [-0.1, -0.05) is 12.2 Å². The van der Waals surface area contributed by atoms with Crippen LogP contribution in [0.2, 0.25) is 0 Å². The summed E-state index contributed by atoms with van der Waals surface area (Å²) in [6.07, 6.45) is 5.45. The van der Waals surface area contributed by atoms with Gasteiger partial charge in [0, 0.05) is 11.0 Å². The second kappa shape index (κ2) is 3.03. The Labute approximate surface area is 72.6 Å². The van der Waals surface area contributed by atoms with Crippen molar-refractivity contribution in [2.24, 2.45) is 0 Å². The summed E-state index contributed by atoms with van der Waals surface area (Å²) in [6, 6.07) is 3.39. The number of rotatable bonds is 1. The van der Waals surface area contributed by atoms with Crippen molar-refractivity contribution in [3.63, 3.8) is 0 Å². The molecule has 0 fully saturated rings. The Kier molecular flexibility index (Phi) is 1.87. The van der Waals surface area contributed by atoms with Crippen LogP contribution in [-0.2, 0) is 0 Å². The molecule has 0 amide bonds. The van der Waals surface area contributed by atoms with Crippen LogP contribution in [0.25, 0.3) is 0 Å². The van der Waals surface area contributed by atoms with E-state index in [0.717, 1.165) is 4.90 Å². The van der Waals surface area contributed by atoms with Crippen molar-refractivity contribution in [3.05, 3.63) is 51.8 Å². The molecule has 1 aliphatic rings. The highest BCUT2D eigenvalue weighted by Gasteiger charge is 2.02. The fraction of sp³-hybridized carbons (Fsp3) is 0. The lowest BCUT2D eigenvalue weighted by molar-refractivity contribution is 0.506. The van der Waals surface area contributed by atoms with Crippen LogP contribution in [-0.4, -0.2) is 0 Å². The smallest absolute Gasteiger partial charge is 0.336 e. The van der Waals surface area contributed by atoms with Gasteiger partial charge in [0.25, 0.3) is 0 Å². The molecule has 2 heterocycles. The molecule has 0 radical (unpaired) electrons. The van der Waals surface area contributed by atoms with E-state index in [1.54, 1.807) is 6.07 Å². The second-order valence-corrected chi connectivity index (χ2v) is 4.33. The molecule has 0 unspecified atom stereocenters. The van der Waals surface area contributed by atoms with Gasteiger partial charge in [-0.25, -0.2) is 4.79 Å². The fourth-order valence-electron chi connectivity index (χ4n) is 1.04. The highest BCUT2D eigenvalue weighted by molar-refractivity contribution is 8.22. The summed E-state index contributed by atoms with van der Waals surface area (Å²) in [5, 5.41) is 4.20. The highest BCUT2D eigenvalue weighted by Crippen LogP contribution is 2.40. The first-order valence-corrected chi connectivity index (χ1v) is 5.06. The quantitative estimate of drug-likeness (QED) is 0.670. The summed E-state index contributed by atoms with van der Waals surface area (Å²) >= 11 is 0. The molecule has 1 aromatic rings. The number of hydrogen-bond acceptors (Lipinski definition) is 2. The minimum Gasteiger partial charge on any atom is -0.431 e. The normalized spacial score (nSPS) is 17.2. The number of allylic oxidation sites excluding steroid dienone is 2. The van der Waals surface area contributed by atoms with Crippen LogP contribution >= 0.6 is 10.9 Å². The van der Waals surface area contributed by atoms with E-state index in [0.29, 0.717) is 0 Å². The Bertz CT molecular complexity index is 378. The summed E-state index contributed by atoms with van der Waals surface area (Å²) in [4.78, 5) is 11.9. The van der Waals surface area contributed by atoms with Gasteiger partial charge in [0.05, 0.1) is 6.26 Å². The lowest BCUT2D eigenvalue weighted by Crippen LogP contribution is -1.94. The molecule has 0 aromatic carbocycles. The molecule has 1 aliphatic heterocycles. The monoisotopic (exact) mass is 180 g/mol. The van der Waals surface area contributed by atoms with Gasteiger partial charge in [-0.05, 0) is 16.9 Å². The van der Waals surface area contributed by atoms with Crippen molar-refractivity contribution in [3.8, 4) is 0 Å². The third-order valence-electron chi connectivity index (χ3n) is 1.59. The molecule has 12 heavy (non-hydrogen) atoms. The number of thiol groups is 1. The van der Waals surface area contributed by atoms with Crippen molar-refractivity contribution in [2.75, 3.05) is 0 Å². The topological polar surface area (TPSA) is 30.2 Å². The van der Waals surface area contributed by atoms with Gasteiger partial charge in [0.15, 0.2) is 0 Å². The van der Waals surface area contributed by atoms with Crippen LogP contribution in [0, 0.1) is 0 Å². The second-order valence-electron chi connectivity index (χ2n) is 2.40. The van der Waals surface area contributed by atoms with Crippen molar-refractivity contribution in [1.82, 2.24) is 0 Å². The maximum Gasteiger partial charge on any atom is 0.336 e. The molecule has 1 aromatic heterocycles. The van der Waals surface area contributed by atoms with Gasteiger partial charge in [-0.15, -0.1) is 0 Å². The maximum absolute atomic E-state index is 10.8. The predicted octanol–water partition coefficient (Wildman–Crippen LogP) is 2.04. The van der Waals surface area contributed by atoms with Crippen LogP contribution in [0.3, 0.4) is 0 Å². The van der Waals surface area contributed by atoms with E-state index in [9.17, 15) is 4.79 Å². The summed E-state index contributed by atoms with van der Waals surface area (Å²) in [7, 11) is -0.378. The lowest BCUT2D eigenvalue weighted by atomic mass is 10.5. The third kappa shape index (κ3) is 1.36. The maximum atomic E-state index is 10.8. The van der Waals surface area contributed by atoms with Crippen LogP contribution in [0.15, 0.2) is 55.5 Å². The minimum atomic E-state index is -0.378. The van der Waals surface area contributed by atoms with E-state index in [2.05, 4.69) is 15.2 Å². The molecular formula is C9H8O2S. The van der Waals surface area contributed by atoms with Crippen molar-refractivity contribution < 1.29 is 4.42 Å². The fourth-order valence-corrected chi connectivity index (χ4v) is 2.54. The summed E-state index contributed by atoms with van der Waals surface area (Å²) in [6.45, 7) is 0. The lowest BCUT2D eigenvalue weighted by Gasteiger charge is -2.07. The Morgan fingerprint density at radius 1 is 1.25 bits per heavy atom. The van der Waals surface area contributed by atoms with E-state index in [-0.39, 0.29) is 16.5 Å². The zero-order chi connectivity index (χ0) is 8.39. The van der Waals surface area contributed by atoms with Gasteiger partial charge in [-0.2, -0.15) is 10.9 Å². The van der Waals surface area contributed by atoms with Gasteiger partial charge in [-0.3, -0.25) is 0 Å². The van der Waals surface area contributed by atoms with Gasteiger partial charge in [0.1, 0.15) is 0 Å². The Hall–Kier alpha value is -1.22. The first-order valence-electron chi connectivity index (χ1n) is 3.58. The van der Waals surface area contributed by atoms with E-state index in [4.69, 9.17) is 0 Å². The molecule has 0 saturated heterocycles. The molecule has 3 heteroatoms. The molecule has 0 N–H and O–H groups in total. The molecule has 0 aliphatic carbocycles. The van der Waals surface area contributed by atoms with Gasteiger partial charge >= 0.3 is 5.63 Å². The zero-order valence-corrected chi connectivity index (χ0v) is 7.20. The minimum absolute atomic E-state index is 0.274. The molecule has 2 nitrogen and oxygen atoms in total. The van der Waals surface area contributed by atoms with Crippen LogP contribution in [0.5, 0.6) is 0 Å². The molecule has 2 rings (SSSR count). The average Bonchev–Trinajstić information content (AvgIpc) is 2.56. The summed E-state index contributed by atoms with van der Waals surface area (Å²) in [5.41, 5.74) is -0.274. The first kappa shape index (κ1) is 7.43. The Morgan fingerprint density at radius 3 is 2.67 bits per heavy atom. The number of hydrogen-bond donors (Lipinski definition) is 1. The van der Waals surface area contributed by atoms with Gasteiger partial charge in [0.2, 0.25) is 0 Å². The van der Waals surface area contributed by atoms with Crippen LogP contribution < -0.4 is 5.63 Å². The average molecular weight is 180 g/mol. The van der Waals surface area contributed by atoms with E-state index in [1.165, 1.54) is 6.26 Å². The van der Waals surface area contributed by atoms with Crippen LogP contribution in [0.4, 0.5) is 0 Å². The molecule has 0 atom stereocenters.